The molecule has 22 heavy (non-hydrogen) atoms. The van der Waals surface area contributed by atoms with Crippen LogP contribution >= 0.6 is 0 Å². The third kappa shape index (κ3) is 4.31. The molecule has 0 aliphatic carbocycles. The smallest absolute Gasteiger partial charge is 0.328 e. The fraction of sp³-hybridized carbons (Fsp3) is 0.438. The number of nitrogens with one attached hydrogen (secondary N) is 1. The highest BCUT2D eigenvalue weighted by Crippen LogP contribution is 2.13. The number of methoxy groups -OCH3 is 1. The highest BCUT2D eigenvalue weighted by Gasteiger charge is 2.28. The first-order chi connectivity index (χ1) is 10.6. The van der Waals surface area contributed by atoms with Gasteiger partial charge < -0.3 is 14.8 Å². The molecule has 2 rings (SSSR count). The zero-order valence-corrected chi connectivity index (χ0v) is 12.5. The number of Topliss-reactive ketones (excluding diaryl/α,β-unsaturated/α-hetero) is 1. The van der Waals surface area contributed by atoms with E-state index < -0.39 is 12.0 Å². The zero-order valence-electron chi connectivity index (χ0n) is 12.5. The number of hydrogen-bond donors (Lipinski definition) is 1. The highest BCUT2D eigenvalue weighted by atomic mass is 16.5. The van der Waals surface area contributed by atoms with Gasteiger partial charge in [0.2, 0.25) is 5.91 Å². The maximum Gasteiger partial charge on any atom is 0.328 e. The molecule has 0 saturated carbocycles. The summed E-state index contributed by atoms with van der Waals surface area (Å²) in [5.74, 6) is 0.136. The van der Waals surface area contributed by atoms with Crippen LogP contribution in [0.5, 0.6) is 5.75 Å². The Balaban J connectivity index is 1.68. The third-order valence-corrected chi connectivity index (χ3v) is 3.48. The summed E-state index contributed by atoms with van der Waals surface area (Å²) in [6.45, 7) is 0.174. The molecule has 0 aromatic heterocycles. The van der Waals surface area contributed by atoms with E-state index in [0.29, 0.717) is 37.0 Å². The number of carbonyl (C=O) groups excluding carboxylic acids is 3. The second-order valence-corrected chi connectivity index (χ2v) is 5.08. The summed E-state index contributed by atoms with van der Waals surface area (Å²) in [6.07, 6.45) is 1.59. The number of amides is 1. The second kappa shape index (κ2) is 7.59. The minimum atomic E-state index is -0.537. The Kier molecular flexibility index (Phi) is 5.52. The van der Waals surface area contributed by atoms with Gasteiger partial charge in [-0.05, 0) is 37.1 Å². The van der Waals surface area contributed by atoms with Gasteiger partial charge in [-0.3, -0.25) is 9.59 Å². The van der Waals surface area contributed by atoms with Crippen LogP contribution < -0.4 is 10.1 Å². The Morgan fingerprint density at radius 1 is 1.27 bits per heavy atom. The molecular weight excluding hydrogens is 286 g/mol. The van der Waals surface area contributed by atoms with Gasteiger partial charge in [0.15, 0.2) is 5.78 Å². The second-order valence-electron chi connectivity index (χ2n) is 5.08. The van der Waals surface area contributed by atoms with Crippen molar-refractivity contribution < 1.29 is 23.9 Å². The Morgan fingerprint density at radius 3 is 2.59 bits per heavy atom. The summed E-state index contributed by atoms with van der Waals surface area (Å²) < 4.78 is 10.1. The van der Waals surface area contributed by atoms with E-state index >= 15 is 0 Å². The lowest BCUT2D eigenvalue weighted by Crippen LogP contribution is -2.34. The lowest BCUT2D eigenvalue weighted by atomic mass is 10.1. The summed E-state index contributed by atoms with van der Waals surface area (Å²) in [5, 5.41) is 2.55. The molecule has 1 fully saturated rings. The van der Waals surface area contributed by atoms with Crippen molar-refractivity contribution >= 4 is 17.7 Å². The summed E-state index contributed by atoms with van der Waals surface area (Å²) in [4.78, 5) is 34.6. The lowest BCUT2D eigenvalue weighted by Gasteiger charge is -2.09. The van der Waals surface area contributed by atoms with Gasteiger partial charge >= 0.3 is 5.97 Å². The molecule has 0 radical (unpaired) electrons. The summed E-state index contributed by atoms with van der Waals surface area (Å²) >= 11 is 0. The van der Waals surface area contributed by atoms with Crippen LogP contribution in [0.15, 0.2) is 24.3 Å². The quantitative estimate of drug-likeness (QED) is 0.469. The molecule has 118 valence electrons. The molecule has 1 heterocycles. The van der Waals surface area contributed by atoms with E-state index in [1.54, 1.807) is 31.4 Å². The summed E-state index contributed by atoms with van der Waals surface area (Å²) in [5.41, 5.74) is 0.607. The van der Waals surface area contributed by atoms with Crippen molar-refractivity contribution in [1.82, 2.24) is 5.32 Å². The van der Waals surface area contributed by atoms with E-state index in [1.165, 1.54) is 0 Å². The fourth-order valence-electron chi connectivity index (χ4n) is 2.22. The maximum atomic E-state index is 11.9. The van der Waals surface area contributed by atoms with Crippen molar-refractivity contribution in [2.75, 3.05) is 13.7 Å². The standard InChI is InChI=1S/C16H19NO5/c1-21-12-6-4-11(5-7-12)14(18)3-2-10-22-16(20)13-8-9-15(19)17-13/h4-7,13H,2-3,8-10H2,1H3,(H,17,19)/t13-/m0/s1. The first-order valence-electron chi connectivity index (χ1n) is 7.23. The molecule has 1 aliphatic heterocycles. The van der Waals surface area contributed by atoms with Crippen molar-refractivity contribution in [2.24, 2.45) is 0 Å². The number of ether oxygens (including phenoxy) is 2. The maximum absolute atomic E-state index is 11.9. The normalized spacial score (nSPS) is 17.0. The molecule has 1 amide bonds. The number of ketones is 1. The van der Waals surface area contributed by atoms with Gasteiger partial charge in [0.1, 0.15) is 11.8 Å². The van der Waals surface area contributed by atoms with Gasteiger partial charge in [-0.15, -0.1) is 0 Å². The number of benzene rings is 1. The van der Waals surface area contributed by atoms with Crippen molar-refractivity contribution in [3.63, 3.8) is 0 Å². The zero-order chi connectivity index (χ0) is 15.9. The van der Waals surface area contributed by atoms with E-state index in [2.05, 4.69) is 5.32 Å². The van der Waals surface area contributed by atoms with E-state index in [9.17, 15) is 14.4 Å². The topological polar surface area (TPSA) is 81.7 Å². The summed E-state index contributed by atoms with van der Waals surface area (Å²) in [6, 6.07) is 6.35. The number of rotatable bonds is 7. The predicted molar refractivity (Wildman–Crippen MR) is 78.7 cm³/mol. The van der Waals surface area contributed by atoms with Crippen molar-refractivity contribution in [1.29, 1.82) is 0 Å². The van der Waals surface area contributed by atoms with Gasteiger partial charge in [-0.25, -0.2) is 4.79 Å². The molecule has 1 aromatic rings. The van der Waals surface area contributed by atoms with Gasteiger partial charge in [0.05, 0.1) is 13.7 Å². The molecular formula is C16H19NO5. The molecule has 0 spiro atoms. The van der Waals surface area contributed by atoms with E-state index in [0.717, 1.165) is 0 Å². The molecule has 1 aromatic carbocycles. The highest BCUT2D eigenvalue weighted by molar-refractivity contribution is 5.96. The SMILES string of the molecule is COc1ccc(C(=O)CCCOC(=O)[C@@H]2CCC(=O)N2)cc1. The number of hydrogen-bond acceptors (Lipinski definition) is 5. The largest absolute Gasteiger partial charge is 0.497 e. The van der Waals surface area contributed by atoms with E-state index in [4.69, 9.17) is 9.47 Å². The van der Waals surface area contributed by atoms with Crippen LogP contribution in [-0.2, 0) is 14.3 Å². The lowest BCUT2D eigenvalue weighted by molar-refractivity contribution is -0.146. The Labute approximate surface area is 128 Å². The van der Waals surface area contributed by atoms with Crippen LogP contribution in [0.3, 0.4) is 0 Å². The number of carbonyl (C=O) groups is 3. The average molecular weight is 305 g/mol. The van der Waals surface area contributed by atoms with Crippen LogP contribution in [-0.4, -0.2) is 37.4 Å². The van der Waals surface area contributed by atoms with Crippen molar-refractivity contribution in [2.45, 2.75) is 31.7 Å². The van der Waals surface area contributed by atoms with Crippen LogP contribution in [0.1, 0.15) is 36.0 Å². The molecule has 0 bridgehead atoms. The van der Waals surface area contributed by atoms with Crippen LogP contribution in [0.2, 0.25) is 0 Å². The molecule has 1 atom stereocenters. The van der Waals surface area contributed by atoms with Crippen LogP contribution in [0, 0.1) is 0 Å². The molecule has 6 nitrogen and oxygen atoms in total. The first kappa shape index (κ1) is 16.0. The molecule has 6 heteroatoms. The first-order valence-corrected chi connectivity index (χ1v) is 7.23. The molecule has 1 N–H and O–H groups in total. The third-order valence-electron chi connectivity index (χ3n) is 3.48. The molecule has 0 unspecified atom stereocenters. The van der Waals surface area contributed by atoms with Crippen molar-refractivity contribution in [3.8, 4) is 5.75 Å². The van der Waals surface area contributed by atoms with E-state index in [1.807, 2.05) is 0 Å². The molecule has 1 aliphatic rings. The summed E-state index contributed by atoms with van der Waals surface area (Å²) in [7, 11) is 1.57. The Bertz CT molecular complexity index is 552. The predicted octanol–water partition coefficient (Wildman–Crippen LogP) is 1.48. The monoisotopic (exact) mass is 305 g/mol. The fourth-order valence-corrected chi connectivity index (χ4v) is 2.22. The Morgan fingerprint density at radius 2 is 2.00 bits per heavy atom. The van der Waals surface area contributed by atoms with Gasteiger partial charge in [0.25, 0.3) is 0 Å². The average Bonchev–Trinajstić information content (AvgIpc) is 2.98. The number of esters is 1. The van der Waals surface area contributed by atoms with Gasteiger partial charge in [-0.1, -0.05) is 0 Å². The molecule has 1 saturated heterocycles. The van der Waals surface area contributed by atoms with Crippen LogP contribution in [0.25, 0.3) is 0 Å². The van der Waals surface area contributed by atoms with Crippen LogP contribution in [0.4, 0.5) is 0 Å². The van der Waals surface area contributed by atoms with Gasteiger partial charge in [-0.2, -0.15) is 0 Å². The Hall–Kier alpha value is -2.37. The van der Waals surface area contributed by atoms with Crippen molar-refractivity contribution in [3.05, 3.63) is 29.8 Å². The van der Waals surface area contributed by atoms with E-state index in [-0.39, 0.29) is 18.3 Å². The minimum absolute atomic E-state index is 0.00660. The minimum Gasteiger partial charge on any atom is -0.497 e. The van der Waals surface area contributed by atoms with Gasteiger partial charge in [0, 0.05) is 18.4 Å².